The van der Waals surface area contributed by atoms with Crippen LogP contribution in [-0.2, 0) is 12.4 Å². The SMILES string of the molecule is Cc1ccc2nc(CCl)n(CCC(F)(F)F)c2c1. The molecule has 1 aromatic carbocycles. The first-order valence-corrected chi connectivity index (χ1v) is 6.02. The number of hydrogen-bond acceptors (Lipinski definition) is 1. The number of aryl methyl sites for hydroxylation is 2. The maximum Gasteiger partial charge on any atom is 0.390 e. The predicted molar refractivity (Wildman–Crippen MR) is 64.7 cm³/mol. The highest BCUT2D eigenvalue weighted by atomic mass is 35.5. The first kappa shape index (κ1) is 13.2. The molecule has 0 N–H and O–H groups in total. The molecule has 0 aliphatic heterocycles. The van der Waals surface area contributed by atoms with Gasteiger partial charge in [0.25, 0.3) is 0 Å². The van der Waals surface area contributed by atoms with E-state index in [-0.39, 0.29) is 12.4 Å². The monoisotopic (exact) mass is 276 g/mol. The molecule has 1 aromatic heterocycles. The van der Waals surface area contributed by atoms with Crippen LogP contribution >= 0.6 is 11.6 Å². The number of halogens is 4. The molecule has 1 heterocycles. The molecule has 0 unspecified atom stereocenters. The van der Waals surface area contributed by atoms with Gasteiger partial charge in [-0.05, 0) is 24.6 Å². The number of nitrogens with zero attached hydrogens (tertiary/aromatic N) is 2. The molecule has 0 aliphatic rings. The van der Waals surface area contributed by atoms with E-state index in [0.717, 1.165) is 5.56 Å². The summed E-state index contributed by atoms with van der Waals surface area (Å²) in [7, 11) is 0. The summed E-state index contributed by atoms with van der Waals surface area (Å²) in [5.74, 6) is 0.576. The average molecular weight is 277 g/mol. The molecule has 2 nitrogen and oxygen atoms in total. The van der Waals surface area contributed by atoms with Gasteiger partial charge >= 0.3 is 6.18 Å². The largest absolute Gasteiger partial charge is 0.390 e. The minimum Gasteiger partial charge on any atom is -0.327 e. The second kappa shape index (κ2) is 4.80. The summed E-state index contributed by atoms with van der Waals surface area (Å²) in [5.41, 5.74) is 2.37. The van der Waals surface area contributed by atoms with E-state index in [9.17, 15) is 13.2 Å². The minimum absolute atomic E-state index is 0.103. The highest BCUT2D eigenvalue weighted by Gasteiger charge is 2.27. The number of benzene rings is 1. The van der Waals surface area contributed by atoms with Crippen molar-refractivity contribution in [2.75, 3.05) is 0 Å². The molecular formula is C12H12ClF3N2. The topological polar surface area (TPSA) is 17.8 Å². The lowest BCUT2D eigenvalue weighted by Gasteiger charge is -2.10. The Morgan fingerprint density at radius 2 is 2.06 bits per heavy atom. The lowest BCUT2D eigenvalue weighted by atomic mass is 10.2. The molecule has 0 atom stereocenters. The van der Waals surface area contributed by atoms with Gasteiger partial charge in [0.15, 0.2) is 0 Å². The zero-order valence-electron chi connectivity index (χ0n) is 9.76. The Labute approximate surface area is 107 Å². The van der Waals surface area contributed by atoms with Crippen LogP contribution in [0.1, 0.15) is 17.8 Å². The van der Waals surface area contributed by atoms with Crippen LogP contribution in [0.3, 0.4) is 0 Å². The Hall–Kier alpha value is -1.23. The van der Waals surface area contributed by atoms with Crippen molar-refractivity contribution in [2.45, 2.75) is 31.9 Å². The van der Waals surface area contributed by atoms with Gasteiger partial charge < -0.3 is 4.57 Å². The van der Waals surface area contributed by atoms with Crippen molar-refractivity contribution >= 4 is 22.6 Å². The predicted octanol–water partition coefficient (Wildman–Crippen LogP) is 4.04. The molecular weight excluding hydrogens is 265 g/mol. The fourth-order valence-electron chi connectivity index (χ4n) is 1.87. The molecule has 2 rings (SSSR count). The molecule has 0 saturated heterocycles. The average Bonchev–Trinajstić information content (AvgIpc) is 2.62. The fourth-order valence-corrected chi connectivity index (χ4v) is 2.08. The second-order valence-electron chi connectivity index (χ2n) is 4.17. The summed E-state index contributed by atoms with van der Waals surface area (Å²) < 4.78 is 38.4. The number of fused-ring (bicyclic) bond motifs is 1. The lowest BCUT2D eigenvalue weighted by Crippen LogP contribution is -2.13. The van der Waals surface area contributed by atoms with Gasteiger partial charge in [-0.2, -0.15) is 13.2 Å². The van der Waals surface area contributed by atoms with Crippen LogP contribution < -0.4 is 0 Å². The number of rotatable bonds is 3. The van der Waals surface area contributed by atoms with Crippen molar-refractivity contribution in [3.63, 3.8) is 0 Å². The van der Waals surface area contributed by atoms with E-state index in [2.05, 4.69) is 4.98 Å². The molecule has 0 aliphatic carbocycles. The molecule has 0 amide bonds. The summed E-state index contributed by atoms with van der Waals surface area (Å²) in [5, 5.41) is 0. The molecule has 0 saturated carbocycles. The Balaban J connectivity index is 2.42. The summed E-state index contributed by atoms with van der Waals surface area (Å²) in [4.78, 5) is 4.24. The van der Waals surface area contributed by atoms with Gasteiger partial charge in [-0.15, -0.1) is 11.6 Å². The van der Waals surface area contributed by atoms with Crippen molar-refractivity contribution < 1.29 is 13.2 Å². The Bertz CT molecular complexity index is 560. The van der Waals surface area contributed by atoms with E-state index in [1.807, 2.05) is 19.1 Å². The Morgan fingerprint density at radius 3 is 2.67 bits per heavy atom. The normalized spacial score (nSPS) is 12.3. The molecule has 2 aromatic rings. The number of alkyl halides is 4. The van der Waals surface area contributed by atoms with E-state index in [4.69, 9.17) is 11.6 Å². The molecule has 0 fully saturated rings. The Morgan fingerprint density at radius 1 is 1.33 bits per heavy atom. The van der Waals surface area contributed by atoms with Gasteiger partial charge in [-0.25, -0.2) is 4.98 Å². The summed E-state index contributed by atoms with van der Waals surface area (Å²) in [6.07, 6.45) is -5.06. The van der Waals surface area contributed by atoms with Crippen molar-refractivity contribution in [1.29, 1.82) is 0 Å². The van der Waals surface area contributed by atoms with Crippen LogP contribution in [0.4, 0.5) is 13.2 Å². The zero-order valence-corrected chi connectivity index (χ0v) is 10.5. The summed E-state index contributed by atoms with van der Waals surface area (Å²) >= 11 is 5.73. The van der Waals surface area contributed by atoms with Crippen LogP contribution in [0.15, 0.2) is 18.2 Å². The van der Waals surface area contributed by atoms with Crippen molar-refractivity contribution in [3.05, 3.63) is 29.6 Å². The number of aromatic nitrogens is 2. The maximum atomic E-state index is 12.3. The van der Waals surface area contributed by atoms with E-state index >= 15 is 0 Å². The van der Waals surface area contributed by atoms with E-state index < -0.39 is 12.6 Å². The van der Waals surface area contributed by atoms with E-state index in [1.165, 1.54) is 0 Å². The third kappa shape index (κ3) is 2.77. The van der Waals surface area contributed by atoms with Crippen molar-refractivity contribution in [2.24, 2.45) is 0 Å². The van der Waals surface area contributed by atoms with Crippen LogP contribution in [0.25, 0.3) is 11.0 Å². The van der Waals surface area contributed by atoms with Gasteiger partial charge in [0.05, 0.1) is 23.3 Å². The van der Waals surface area contributed by atoms with E-state index in [1.54, 1.807) is 10.6 Å². The second-order valence-corrected chi connectivity index (χ2v) is 4.44. The van der Waals surface area contributed by atoms with Gasteiger partial charge in [0.1, 0.15) is 5.82 Å². The van der Waals surface area contributed by atoms with Crippen LogP contribution in [0, 0.1) is 6.92 Å². The fraction of sp³-hybridized carbons (Fsp3) is 0.417. The third-order valence-corrected chi connectivity index (χ3v) is 2.96. The number of hydrogen-bond donors (Lipinski definition) is 0. The highest BCUT2D eigenvalue weighted by Crippen LogP contribution is 2.24. The number of imidazole rings is 1. The van der Waals surface area contributed by atoms with Gasteiger partial charge in [-0.1, -0.05) is 6.07 Å². The Kier molecular flexibility index (Phi) is 3.52. The van der Waals surface area contributed by atoms with Crippen LogP contribution in [0.2, 0.25) is 0 Å². The van der Waals surface area contributed by atoms with E-state index in [0.29, 0.717) is 16.9 Å². The lowest BCUT2D eigenvalue weighted by molar-refractivity contribution is -0.136. The van der Waals surface area contributed by atoms with Crippen molar-refractivity contribution in [3.8, 4) is 0 Å². The molecule has 6 heteroatoms. The smallest absolute Gasteiger partial charge is 0.327 e. The zero-order chi connectivity index (χ0) is 13.3. The standard InChI is InChI=1S/C12H12ClF3N2/c1-8-2-3-9-10(6-8)18(11(7-13)17-9)5-4-12(14,15)16/h2-3,6H,4-5,7H2,1H3. The third-order valence-electron chi connectivity index (χ3n) is 2.72. The van der Waals surface area contributed by atoms with Crippen molar-refractivity contribution in [1.82, 2.24) is 9.55 Å². The molecule has 18 heavy (non-hydrogen) atoms. The van der Waals surface area contributed by atoms with Gasteiger partial charge in [-0.3, -0.25) is 0 Å². The van der Waals surface area contributed by atoms with Crippen LogP contribution in [0.5, 0.6) is 0 Å². The first-order valence-electron chi connectivity index (χ1n) is 5.49. The molecule has 0 radical (unpaired) electrons. The minimum atomic E-state index is -4.18. The quantitative estimate of drug-likeness (QED) is 0.774. The molecule has 0 bridgehead atoms. The highest BCUT2D eigenvalue weighted by molar-refractivity contribution is 6.16. The van der Waals surface area contributed by atoms with Crippen LogP contribution in [-0.4, -0.2) is 15.7 Å². The van der Waals surface area contributed by atoms with Gasteiger partial charge in [0, 0.05) is 6.54 Å². The molecule has 0 spiro atoms. The first-order chi connectivity index (χ1) is 8.40. The summed E-state index contributed by atoms with van der Waals surface area (Å²) in [6, 6.07) is 5.50. The van der Waals surface area contributed by atoms with Gasteiger partial charge in [0.2, 0.25) is 0 Å². The summed E-state index contributed by atoms with van der Waals surface area (Å²) in [6.45, 7) is 1.74. The molecule has 98 valence electrons. The maximum absolute atomic E-state index is 12.3.